The lowest BCUT2D eigenvalue weighted by molar-refractivity contribution is 0.0806. The average molecular weight is 496 g/mol. The van der Waals surface area contributed by atoms with E-state index in [0.29, 0.717) is 24.2 Å². The number of rotatable bonds is 7. The summed E-state index contributed by atoms with van der Waals surface area (Å²) in [5.74, 6) is 0.690. The number of halogens is 2. The summed E-state index contributed by atoms with van der Waals surface area (Å²) in [5, 5.41) is 4.96. The minimum Gasteiger partial charge on any atom is -0.485 e. The smallest absolute Gasteiger partial charge is 0.150 e. The van der Waals surface area contributed by atoms with Crippen molar-refractivity contribution in [3.63, 3.8) is 0 Å². The first kappa shape index (κ1) is 19.3. The van der Waals surface area contributed by atoms with Crippen LogP contribution in [0.15, 0.2) is 6.07 Å². The van der Waals surface area contributed by atoms with Crippen LogP contribution in [0.5, 0.6) is 5.75 Å². The van der Waals surface area contributed by atoms with E-state index in [1.807, 2.05) is 4.68 Å². The van der Waals surface area contributed by atoms with E-state index in [1.54, 1.807) is 6.07 Å². The van der Waals surface area contributed by atoms with E-state index in [2.05, 4.69) is 52.3 Å². The first-order valence-corrected chi connectivity index (χ1v) is 13.5. The van der Waals surface area contributed by atoms with Gasteiger partial charge in [-0.1, -0.05) is 31.2 Å². The SMILES string of the molecule is C[Si](C)(C)CCOCn1nc(I)c2nc(Cl)cc(O[C@H]3CCOC3)c21. The Balaban J connectivity index is 1.82. The third-order valence-electron chi connectivity index (χ3n) is 3.98. The summed E-state index contributed by atoms with van der Waals surface area (Å²) in [6.45, 7) is 9.45. The average Bonchev–Trinajstić information content (AvgIpc) is 3.12. The summed E-state index contributed by atoms with van der Waals surface area (Å²) in [6, 6.07) is 2.87. The van der Waals surface area contributed by atoms with E-state index in [4.69, 9.17) is 25.8 Å². The minimum absolute atomic E-state index is 0.0375. The molecular formula is C16H23ClIN3O3Si. The molecule has 0 radical (unpaired) electrons. The Morgan fingerprint density at radius 3 is 2.92 bits per heavy atom. The maximum Gasteiger partial charge on any atom is 0.150 e. The maximum absolute atomic E-state index is 6.18. The molecule has 0 unspecified atom stereocenters. The van der Waals surface area contributed by atoms with Crippen LogP contribution in [0.3, 0.4) is 0 Å². The van der Waals surface area contributed by atoms with Gasteiger partial charge < -0.3 is 14.2 Å². The van der Waals surface area contributed by atoms with Crippen molar-refractivity contribution in [3.05, 3.63) is 14.9 Å². The normalized spacial score (nSPS) is 18.2. The van der Waals surface area contributed by atoms with Gasteiger partial charge in [-0.3, -0.25) is 0 Å². The molecule has 3 heterocycles. The van der Waals surface area contributed by atoms with Crippen molar-refractivity contribution in [2.24, 2.45) is 0 Å². The second kappa shape index (κ2) is 8.08. The van der Waals surface area contributed by atoms with E-state index >= 15 is 0 Å². The quantitative estimate of drug-likeness (QED) is 0.250. The molecule has 1 aliphatic heterocycles. The van der Waals surface area contributed by atoms with E-state index < -0.39 is 8.07 Å². The molecule has 0 amide bonds. The molecule has 6 nitrogen and oxygen atoms in total. The number of hydrogen-bond acceptors (Lipinski definition) is 5. The fraction of sp³-hybridized carbons (Fsp3) is 0.625. The van der Waals surface area contributed by atoms with Gasteiger partial charge in [0.1, 0.15) is 32.7 Å². The van der Waals surface area contributed by atoms with Crippen molar-refractivity contribution >= 4 is 53.3 Å². The Labute approximate surface area is 167 Å². The van der Waals surface area contributed by atoms with Crippen LogP contribution < -0.4 is 4.74 Å². The van der Waals surface area contributed by atoms with Gasteiger partial charge in [0.25, 0.3) is 0 Å². The molecular weight excluding hydrogens is 473 g/mol. The first-order valence-electron chi connectivity index (χ1n) is 8.38. The summed E-state index contributed by atoms with van der Waals surface area (Å²) in [6.07, 6.45) is 0.912. The summed E-state index contributed by atoms with van der Waals surface area (Å²) in [7, 11) is -1.11. The Bertz CT molecular complexity index is 744. The molecule has 1 atom stereocenters. The van der Waals surface area contributed by atoms with Gasteiger partial charge in [-0.15, -0.1) is 0 Å². The fourth-order valence-electron chi connectivity index (χ4n) is 2.58. The second-order valence-corrected chi connectivity index (χ2v) is 14.4. The lowest BCUT2D eigenvalue weighted by atomic mass is 10.3. The largest absolute Gasteiger partial charge is 0.485 e. The lowest BCUT2D eigenvalue weighted by Crippen LogP contribution is -2.22. The van der Waals surface area contributed by atoms with Gasteiger partial charge in [0.2, 0.25) is 0 Å². The van der Waals surface area contributed by atoms with Crippen molar-refractivity contribution < 1.29 is 14.2 Å². The molecule has 2 aromatic rings. The zero-order valence-corrected chi connectivity index (χ0v) is 18.6. The van der Waals surface area contributed by atoms with Crippen LogP contribution in [-0.4, -0.2) is 48.8 Å². The van der Waals surface area contributed by atoms with Gasteiger partial charge in [0.05, 0.1) is 13.2 Å². The molecule has 0 aromatic carbocycles. The Morgan fingerprint density at radius 2 is 2.24 bits per heavy atom. The Morgan fingerprint density at radius 1 is 1.44 bits per heavy atom. The van der Waals surface area contributed by atoms with E-state index in [9.17, 15) is 0 Å². The molecule has 0 bridgehead atoms. The van der Waals surface area contributed by atoms with Gasteiger partial charge in [-0.25, -0.2) is 9.67 Å². The number of hydrogen-bond donors (Lipinski definition) is 0. The van der Waals surface area contributed by atoms with Crippen molar-refractivity contribution in [1.82, 2.24) is 14.8 Å². The zero-order valence-electron chi connectivity index (χ0n) is 14.7. The van der Waals surface area contributed by atoms with E-state index in [1.165, 1.54) is 0 Å². The highest BCUT2D eigenvalue weighted by Crippen LogP contribution is 2.32. The molecule has 1 fully saturated rings. The summed E-state index contributed by atoms with van der Waals surface area (Å²) in [4.78, 5) is 4.41. The van der Waals surface area contributed by atoms with Crippen LogP contribution in [0.1, 0.15) is 6.42 Å². The van der Waals surface area contributed by atoms with Crippen LogP contribution in [0, 0.1) is 3.70 Å². The third kappa shape index (κ3) is 5.06. The Hall–Kier alpha value is -0.423. The standard InChI is InChI=1S/C16H23ClIN3O3Si/c1-25(2,3)7-6-23-10-21-15-12(24-11-4-5-22-9-11)8-13(17)19-14(15)16(18)20-21/h8,11H,4-7,9-10H2,1-3H3/t11-/m0/s1. The lowest BCUT2D eigenvalue weighted by Gasteiger charge is -2.16. The van der Waals surface area contributed by atoms with Crippen LogP contribution in [0.25, 0.3) is 11.0 Å². The van der Waals surface area contributed by atoms with Crippen LogP contribution in [0.4, 0.5) is 0 Å². The molecule has 3 rings (SSSR count). The molecule has 0 saturated carbocycles. The highest BCUT2D eigenvalue weighted by molar-refractivity contribution is 14.1. The van der Waals surface area contributed by atoms with Crippen molar-refractivity contribution in [3.8, 4) is 5.75 Å². The molecule has 0 N–H and O–H groups in total. The van der Waals surface area contributed by atoms with Crippen LogP contribution in [-0.2, 0) is 16.2 Å². The zero-order chi connectivity index (χ0) is 18.0. The molecule has 2 aromatic heterocycles. The van der Waals surface area contributed by atoms with Gasteiger partial charge >= 0.3 is 0 Å². The number of aromatic nitrogens is 3. The summed E-state index contributed by atoms with van der Waals surface area (Å²) >= 11 is 8.35. The molecule has 0 aliphatic carbocycles. The summed E-state index contributed by atoms with van der Waals surface area (Å²) in [5.41, 5.74) is 1.57. The van der Waals surface area contributed by atoms with Crippen molar-refractivity contribution in [1.29, 1.82) is 0 Å². The molecule has 1 aliphatic rings. The van der Waals surface area contributed by atoms with E-state index in [-0.39, 0.29) is 6.10 Å². The number of fused-ring (bicyclic) bond motifs is 1. The van der Waals surface area contributed by atoms with Gasteiger partial charge in [0.15, 0.2) is 5.75 Å². The monoisotopic (exact) mass is 495 g/mol. The second-order valence-electron chi connectivity index (χ2n) is 7.38. The predicted octanol–water partition coefficient (Wildman–Crippen LogP) is 4.17. The van der Waals surface area contributed by atoms with Gasteiger partial charge in [-0.05, 0) is 28.6 Å². The molecule has 0 spiro atoms. The number of nitrogens with zero attached hydrogens (tertiary/aromatic N) is 3. The molecule has 9 heteroatoms. The van der Waals surface area contributed by atoms with Crippen molar-refractivity contribution in [2.45, 2.75) is 44.9 Å². The van der Waals surface area contributed by atoms with Gasteiger partial charge in [0, 0.05) is 27.2 Å². The van der Waals surface area contributed by atoms with Gasteiger partial charge in [-0.2, -0.15) is 5.10 Å². The fourth-order valence-corrected chi connectivity index (χ4v) is 4.16. The maximum atomic E-state index is 6.18. The summed E-state index contributed by atoms with van der Waals surface area (Å²) < 4.78 is 20.0. The first-order chi connectivity index (χ1) is 11.8. The van der Waals surface area contributed by atoms with Crippen LogP contribution in [0.2, 0.25) is 30.8 Å². The predicted molar refractivity (Wildman–Crippen MR) is 109 cm³/mol. The van der Waals surface area contributed by atoms with Crippen LogP contribution >= 0.6 is 34.2 Å². The molecule has 138 valence electrons. The highest BCUT2D eigenvalue weighted by Gasteiger charge is 2.22. The molecule has 1 saturated heterocycles. The molecule has 25 heavy (non-hydrogen) atoms. The number of pyridine rings is 1. The highest BCUT2D eigenvalue weighted by atomic mass is 127. The topological polar surface area (TPSA) is 58.4 Å². The minimum atomic E-state index is -1.11. The number of ether oxygens (including phenoxy) is 3. The Kier molecular flexibility index (Phi) is 6.25. The third-order valence-corrected chi connectivity index (χ3v) is 6.60. The van der Waals surface area contributed by atoms with E-state index in [0.717, 1.165) is 40.4 Å². The van der Waals surface area contributed by atoms with Crippen molar-refractivity contribution in [2.75, 3.05) is 19.8 Å².